The smallest absolute Gasteiger partial charge is 0.333 e. The van der Waals surface area contributed by atoms with Crippen LogP contribution in [0.1, 0.15) is 43.5 Å². The second-order valence-electron chi connectivity index (χ2n) is 6.64. The summed E-state index contributed by atoms with van der Waals surface area (Å²) in [6.45, 7) is 4.38. The Balaban J connectivity index is 1.97. The number of carboxylic acid groups (broad SMARTS) is 1. The zero-order valence-electron chi connectivity index (χ0n) is 15.0. The first kappa shape index (κ1) is 18.7. The molecule has 2 aliphatic heterocycles. The Bertz CT molecular complexity index is 799. The van der Waals surface area contributed by atoms with Gasteiger partial charge in [-0.05, 0) is 62.0 Å². The third kappa shape index (κ3) is 3.44. The van der Waals surface area contributed by atoms with Gasteiger partial charge in [-0.2, -0.15) is 0 Å². The van der Waals surface area contributed by atoms with E-state index < -0.39 is 23.2 Å². The fourth-order valence-corrected chi connectivity index (χ4v) is 4.49. The maximum Gasteiger partial charge on any atom is 0.333 e. The number of nitrogens with zero attached hydrogens (tertiary/aromatic N) is 1. The molecule has 0 spiro atoms. The summed E-state index contributed by atoms with van der Waals surface area (Å²) < 4.78 is 12.1. The van der Waals surface area contributed by atoms with Crippen LogP contribution in [0.4, 0.5) is 0 Å². The van der Waals surface area contributed by atoms with Gasteiger partial charge in [0.05, 0.1) is 5.57 Å². The summed E-state index contributed by atoms with van der Waals surface area (Å²) in [5.41, 5.74) is 2.43. The third-order valence-corrected chi connectivity index (χ3v) is 6.26. The third-order valence-electron chi connectivity index (χ3n) is 4.95. The van der Waals surface area contributed by atoms with Crippen LogP contribution in [0.15, 0.2) is 52.1 Å². The van der Waals surface area contributed by atoms with Crippen LogP contribution in [-0.2, 0) is 16.0 Å². The number of hydrogen-bond acceptors (Lipinski definition) is 4. The molecular weight excluding hydrogens is 350 g/mol. The summed E-state index contributed by atoms with van der Waals surface area (Å²) >= 11 is -1.12. The molecule has 0 saturated heterocycles. The van der Waals surface area contributed by atoms with E-state index in [0.29, 0.717) is 40.4 Å². The monoisotopic (exact) mass is 373 g/mol. The lowest BCUT2D eigenvalue weighted by atomic mass is 9.99. The quantitative estimate of drug-likeness (QED) is 0.633. The van der Waals surface area contributed by atoms with E-state index in [0.717, 1.165) is 18.4 Å². The SMILES string of the molecule is CC[S+]([O-])c1cccc(C(=O)C2C(C)=CC3=C(C(=O)O)CCCCN32)c1. The normalized spacial score (nSPS) is 21.1. The minimum absolute atomic E-state index is 0.0738. The van der Waals surface area contributed by atoms with Crippen LogP contribution in [0.2, 0.25) is 0 Å². The van der Waals surface area contributed by atoms with Gasteiger partial charge in [0.15, 0.2) is 10.7 Å². The van der Waals surface area contributed by atoms with Crippen molar-refractivity contribution in [1.29, 1.82) is 0 Å². The molecule has 26 heavy (non-hydrogen) atoms. The zero-order valence-corrected chi connectivity index (χ0v) is 15.8. The average molecular weight is 373 g/mol. The largest absolute Gasteiger partial charge is 0.611 e. The number of aliphatic carboxylic acids is 1. The van der Waals surface area contributed by atoms with Gasteiger partial charge in [-0.25, -0.2) is 4.79 Å². The van der Waals surface area contributed by atoms with E-state index in [1.165, 1.54) is 0 Å². The summed E-state index contributed by atoms with van der Waals surface area (Å²) in [5.74, 6) is -0.485. The molecule has 0 aromatic heterocycles. The number of Topliss-reactive ketones (excluding diaryl/α,β-unsaturated/α-hetero) is 1. The van der Waals surface area contributed by atoms with Crippen molar-refractivity contribution in [3.63, 3.8) is 0 Å². The van der Waals surface area contributed by atoms with Gasteiger partial charge in [-0.15, -0.1) is 0 Å². The van der Waals surface area contributed by atoms with Gasteiger partial charge in [0.1, 0.15) is 11.8 Å². The van der Waals surface area contributed by atoms with Gasteiger partial charge in [0.2, 0.25) is 0 Å². The van der Waals surface area contributed by atoms with Crippen molar-refractivity contribution in [1.82, 2.24) is 4.90 Å². The van der Waals surface area contributed by atoms with Crippen LogP contribution < -0.4 is 0 Å². The second kappa shape index (κ2) is 7.68. The predicted octanol–water partition coefficient (Wildman–Crippen LogP) is 3.15. The molecule has 3 rings (SSSR count). The van der Waals surface area contributed by atoms with Gasteiger partial charge in [0, 0.05) is 23.9 Å². The second-order valence-corrected chi connectivity index (χ2v) is 8.38. The highest BCUT2D eigenvalue weighted by molar-refractivity contribution is 7.91. The first-order valence-corrected chi connectivity index (χ1v) is 10.2. The van der Waals surface area contributed by atoms with E-state index in [1.807, 2.05) is 24.8 Å². The summed E-state index contributed by atoms with van der Waals surface area (Å²) in [7, 11) is 0. The highest BCUT2D eigenvalue weighted by Gasteiger charge is 2.37. The molecule has 2 aliphatic rings. The van der Waals surface area contributed by atoms with Crippen LogP contribution >= 0.6 is 0 Å². The first-order valence-electron chi connectivity index (χ1n) is 8.88. The van der Waals surface area contributed by atoms with Crippen molar-refractivity contribution in [2.75, 3.05) is 12.3 Å². The molecule has 0 saturated carbocycles. The zero-order chi connectivity index (χ0) is 18.8. The molecule has 0 fully saturated rings. The fourth-order valence-electron chi connectivity index (χ4n) is 3.66. The van der Waals surface area contributed by atoms with Gasteiger partial charge in [0.25, 0.3) is 0 Å². The van der Waals surface area contributed by atoms with Crippen molar-refractivity contribution >= 4 is 22.9 Å². The number of carboxylic acids is 1. The molecule has 138 valence electrons. The minimum Gasteiger partial charge on any atom is -0.611 e. The maximum absolute atomic E-state index is 13.2. The predicted molar refractivity (Wildman–Crippen MR) is 100 cm³/mol. The molecule has 1 N–H and O–H groups in total. The Labute approximate surface area is 156 Å². The van der Waals surface area contributed by atoms with E-state index >= 15 is 0 Å². The van der Waals surface area contributed by atoms with E-state index in [4.69, 9.17) is 0 Å². The van der Waals surface area contributed by atoms with E-state index in [2.05, 4.69) is 0 Å². The lowest BCUT2D eigenvalue weighted by Crippen LogP contribution is -2.38. The Kier molecular flexibility index (Phi) is 5.53. The molecule has 0 amide bonds. The molecule has 6 heteroatoms. The number of fused-ring (bicyclic) bond motifs is 1. The first-order chi connectivity index (χ1) is 12.4. The topological polar surface area (TPSA) is 80.7 Å². The average Bonchev–Trinajstić information content (AvgIpc) is 2.82. The molecule has 0 bridgehead atoms. The van der Waals surface area contributed by atoms with E-state index in [-0.39, 0.29) is 5.78 Å². The van der Waals surface area contributed by atoms with Crippen molar-refractivity contribution in [3.8, 4) is 0 Å². The molecule has 0 radical (unpaired) electrons. The van der Waals surface area contributed by atoms with Gasteiger partial charge >= 0.3 is 5.97 Å². The van der Waals surface area contributed by atoms with Crippen molar-refractivity contribution < 1.29 is 19.2 Å². The van der Waals surface area contributed by atoms with Crippen molar-refractivity contribution in [3.05, 3.63) is 52.7 Å². The van der Waals surface area contributed by atoms with E-state index in [9.17, 15) is 19.2 Å². The molecule has 2 unspecified atom stereocenters. The molecule has 2 heterocycles. The Morgan fingerprint density at radius 2 is 2.12 bits per heavy atom. The summed E-state index contributed by atoms with van der Waals surface area (Å²) in [6.07, 6.45) is 4.02. The molecule has 5 nitrogen and oxygen atoms in total. The maximum atomic E-state index is 13.2. The van der Waals surface area contributed by atoms with Crippen LogP contribution in [0, 0.1) is 0 Å². The standard InChI is InChI=1S/C20H23NO4S/c1-3-26(25)15-8-6-7-14(12-15)19(22)18-13(2)11-17-16(20(23)24)9-4-5-10-21(17)18/h6-8,11-12,18H,3-5,9-10H2,1-2H3,(H,23,24). The fraction of sp³-hybridized carbons (Fsp3) is 0.400. The number of carbonyl (C=O) groups excluding carboxylic acids is 1. The number of rotatable bonds is 5. The molecule has 1 aromatic carbocycles. The van der Waals surface area contributed by atoms with Crippen LogP contribution in [0.5, 0.6) is 0 Å². The lowest BCUT2D eigenvalue weighted by Gasteiger charge is -2.28. The van der Waals surface area contributed by atoms with Crippen molar-refractivity contribution in [2.24, 2.45) is 0 Å². The van der Waals surface area contributed by atoms with Gasteiger partial charge < -0.3 is 14.6 Å². The van der Waals surface area contributed by atoms with Gasteiger partial charge in [-0.1, -0.05) is 12.1 Å². The summed E-state index contributed by atoms with van der Waals surface area (Å²) in [5, 5.41) is 9.53. The number of hydrogen-bond donors (Lipinski definition) is 1. The minimum atomic E-state index is -1.12. The van der Waals surface area contributed by atoms with Gasteiger partial charge in [-0.3, -0.25) is 4.79 Å². The molecule has 1 aromatic rings. The summed E-state index contributed by atoms with van der Waals surface area (Å²) in [4.78, 5) is 27.4. The van der Waals surface area contributed by atoms with E-state index in [1.54, 1.807) is 24.3 Å². The summed E-state index contributed by atoms with van der Waals surface area (Å²) in [6, 6.07) is 6.48. The highest BCUT2D eigenvalue weighted by atomic mass is 32.2. The number of benzene rings is 1. The molecular formula is C20H23NO4S. The Hall–Kier alpha value is -2.05. The lowest BCUT2D eigenvalue weighted by molar-refractivity contribution is -0.132. The highest BCUT2D eigenvalue weighted by Crippen LogP contribution is 2.35. The molecule has 0 aliphatic carbocycles. The van der Waals surface area contributed by atoms with Crippen molar-refractivity contribution in [2.45, 2.75) is 44.0 Å². The number of allylic oxidation sites excluding steroid dienone is 1. The van der Waals surface area contributed by atoms with Crippen LogP contribution in [0.3, 0.4) is 0 Å². The number of ketones is 1. The Morgan fingerprint density at radius 3 is 2.81 bits per heavy atom. The van der Waals surface area contributed by atoms with Crippen LogP contribution in [0.25, 0.3) is 0 Å². The van der Waals surface area contributed by atoms with Crippen LogP contribution in [-0.4, -0.2) is 44.7 Å². The molecule has 2 atom stereocenters. The Morgan fingerprint density at radius 1 is 1.35 bits per heavy atom. The number of carbonyl (C=O) groups is 2.